The van der Waals surface area contributed by atoms with Crippen LogP contribution < -0.4 is 24.8 Å². The molecule has 0 nitrogen and oxygen atoms in total. The number of fused-ring (bicyclic) bond motifs is 3. The third-order valence-corrected chi connectivity index (χ3v) is 84.9. The summed E-state index contributed by atoms with van der Waals surface area (Å²) in [4.78, 5) is 0. The van der Waals surface area contributed by atoms with Gasteiger partial charge in [0, 0.05) is 0 Å². The normalized spacial score (nSPS) is 23.1. The molecule has 5 heteroatoms. The monoisotopic (exact) mass is 595 g/mol. The molecule has 2 unspecified atom stereocenters. The van der Waals surface area contributed by atoms with Crippen LogP contribution in [0.4, 0.5) is 0 Å². The van der Waals surface area contributed by atoms with Crippen LogP contribution in [-0.2, 0) is 15.0 Å². The summed E-state index contributed by atoms with van der Waals surface area (Å²) in [5.74, 6) is -1.10. The fourth-order valence-electron chi connectivity index (χ4n) is 6.54. The summed E-state index contributed by atoms with van der Waals surface area (Å²) in [7, 11) is -1.13. The Hall–Kier alpha value is -0.183. The van der Waals surface area contributed by atoms with Gasteiger partial charge in [0.15, 0.2) is 0 Å². The molecule has 2 atom stereocenters. The minimum absolute atomic E-state index is 0. The van der Waals surface area contributed by atoms with Crippen molar-refractivity contribution in [3.05, 3.63) is 77.4 Å². The maximum absolute atomic E-state index is 4.35. The van der Waals surface area contributed by atoms with Gasteiger partial charge in [-0.05, 0) is 0 Å². The molecule has 0 aliphatic heterocycles. The topological polar surface area (TPSA) is 0 Å². The Labute approximate surface area is 211 Å². The summed E-state index contributed by atoms with van der Waals surface area (Å²) < 4.78 is 12.5. The van der Waals surface area contributed by atoms with Crippen LogP contribution in [0.25, 0.3) is 16.8 Å². The maximum atomic E-state index is 2.83. The summed E-state index contributed by atoms with van der Waals surface area (Å²) in [5.41, 5.74) is 4.69. The van der Waals surface area contributed by atoms with Crippen molar-refractivity contribution < 1.29 is 39.8 Å². The average molecular weight is 598 g/mol. The van der Waals surface area contributed by atoms with Crippen LogP contribution in [0, 0.1) is 0 Å². The van der Waals surface area contributed by atoms with Crippen molar-refractivity contribution in [3.63, 3.8) is 0 Å². The number of hydrogen-bond donors (Lipinski definition) is 0. The second kappa shape index (κ2) is 7.66. The van der Waals surface area contributed by atoms with Gasteiger partial charge in [0.05, 0.1) is 0 Å². The zero-order chi connectivity index (χ0) is 23.0. The zero-order valence-electron chi connectivity index (χ0n) is 22.0. The molecule has 33 heavy (non-hydrogen) atoms. The third-order valence-electron chi connectivity index (χ3n) is 10.7. The minimum Gasteiger partial charge on any atom is -1.00 e. The summed E-state index contributed by atoms with van der Waals surface area (Å²) in [6.45, 7) is 12.8. The molecule has 4 rings (SSSR count). The van der Waals surface area contributed by atoms with Gasteiger partial charge in [-0.25, -0.2) is 0 Å². The van der Waals surface area contributed by atoms with Crippen LogP contribution in [0.5, 0.6) is 0 Å². The average Bonchev–Trinajstić information content (AvgIpc) is 3.28. The van der Waals surface area contributed by atoms with E-state index in [1.807, 2.05) is 0 Å². The molecule has 0 fully saturated rings. The fourth-order valence-corrected chi connectivity index (χ4v) is 37.0. The molecule has 0 aromatic heterocycles. The fraction of sp³-hybridized carbons (Fsp3) is 0.429. The molecule has 2 aliphatic rings. The van der Waals surface area contributed by atoms with Crippen LogP contribution in [0.3, 0.4) is 0 Å². The number of hydrogen-bond acceptors (Lipinski definition) is 0. The molecular weight excluding hydrogens is 555 g/mol. The van der Waals surface area contributed by atoms with E-state index in [1.54, 1.807) is 11.1 Å². The Morgan fingerprint density at radius 1 is 0.848 bits per heavy atom. The largest absolute Gasteiger partial charge is 1.00 e. The van der Waals surface area contributed by atoms with E-state index >= 15 is 0 Å². The van der Waals surface area contributed by atoms with Gasteiger partial charge in [-0.3, -0.25) is 0 Å². The van der Waals surface area contributed by atoms with Crippen LogP contribution in [0.1, 0.15) is 14.8 Å². The second-order valence-corrected chi connectivity index (χ2v) is 87.4. The molecule has 0 bridgehead atoms. The van der Waals surface area contributed by atoms with Crippen LogP contribution >= 0.6 is 0 Å². The Morgan fingerprint density at radius 2 is 1.48 bits per heavy atom. The van der Waals surface area contributed by atoms with Crippen molar-refractivity contribution in [1.29, 1.82) is 0 Å². The van der Waals surface area contributed by atoms with Crippen molar-refractivity contribution in [2.75, 3.05) is 0 Å². The van der Waals surface area contributed by atoms with Gasteiger partial charge in [0.2, 0.25) is 0 Å². The summed E-state index contributed by atoms with van der Waals surface area (Å²) in [6, 6.07) is 15.1. The second-order valence-electron chi connectivity index (χ2n) is 16.1. The van der Waals surface area contributed by atoms with E-state index < -0.39 is 29.0 Å². The van der Waals surface area contributed by atoms with Gasteiger partial charge < -0.3 is 24.8 Å². The number of halogens is 2. The summed E-state index contributed by atoms with van der Waals surface area (Å²) in [5, 5.41) is 2.78. The van der Waals surface area contributed by atoms with E-state index in [0.717, 1.165) is 0 Å². The van der Waals surface area contributed by atoms with Crippen molar-refractivity contribution in [2.45, 2.75) is 64.6 Å². The van der Waals surface area contributed by atoms with E-state index in [4.69, 9.17) is 0 Å². The first-order valence-corrected chi connectivity index (χ1v) is 35.8. The Balaban J connectivity index is 0.00000193. The van der Waals surface area contributed by atoms with Gasteiger partial charge in [-0.2, -0.15) is 0 Å². The number of benzene rings is 2. The first-order valence-electron chi connectivity index (χ1n) is 12.3. The first kappa shape index (κ1) is 29.0. The molecule has 0 radical (unpaired) electrons. The van der Waals surface area contributed by atoms with E-state index in [1.165, 1.54) is 22.4 Å². The van der Waals surface area contributed by atoms with E-state index in [2.05, 4.69) is 118 Å². The third kappa shape index (κ3) is 4.12. The maximum Gasteiger partial charge on any atom is -1.00 e. The predicted molar refractivity (Wildman–Crippen MR) is 147 cm³/mol. The predicted octanol–water partition coefficient (Wildman–Crippen LogP) is 3.48. The zero-order valence-corrected chi connectivity index (χ0v) is 28.2. The summed E-state index contributed by atoms with van der Waals surface area (Å²) >= 11 is -4.35. The molecule has 2 aliphatic carbocycles. The molecule has 2 aromatic carbocycles. The Bertz CT molecular complexity index is 1200. The first-order chi connectivity index (χ1) is 14.0. The van der Waals surface area contributed by atoms with Gasteiger partial charge in [0.1, 0.15) is 0 Å². The van der Waals surface area contributed by atoms with Crippen LogP contribution in [-0.4, -0.2) is 14.0 Å². The van der Waals surface area contributed by atoms with Crippen molar-refractivity contribution in [2.24, 2.45) is 0 Å². The quantitative estimate of drug-likeness (QED) is 0.464. The van der Waals surface area contributed by atoms with Crippen LogP contribution in [0.2, 0.25) is 60.9 Å². The Kier molecular flexibility index (Phi) is 6.74. The molecular formula is C28H43Cl2Si2Zr-2. The van der Waals surface area contributed by atoms with Gasteiger partial charge in [0.25, 0.3) is 0 Å². The van der Waals surface area contributed by atoms with Crippen molar-refractivity contribution in [3.8, 4) is 0 Å². The molecule has 0 N–H and O–H groups in total. The molecule has 0 heterocycles. The van der Waals surface area contributed by atoms with Crippen molar-refractivity contribution >= 4 is 30.8 Å². The molecule has 0 saturated heterocycles. The minimum atomic E-state index is -4.35. The van der Waals surface area contributed by atoms with Gasteiger partial charge in [-0.1, -0.05) is 0 Å². The summed E-state index contributed by atoms with van der Waals surface area (Å²) in [6.07, 6.45) is 13.0. The SMILES string of the molecule is C[SiH](C)[Zr]([CH3])([CH3])([CH3])([CH3])([CH]1C=CC(C[Si](C)(C)C)=C1)[CH]1C=Cc2c1ccc1ccccc21.[Cl-].[Cl-]. The van der Waals surface area contributed by atoms with E-state index in [9.17, 15) is 0 Å². The van der Waals surface area contributed by atoms with E-state index in [0.29, 0.717) is 7.25 Å². The number of rotatable bonds is 5. The van der Waals surface area contributed by atoms with E-state index in [-0.39, 0.29) is 24.8 Å². The number of allylic oxidation sites excluding steroid dienone is 5. The molecule has 183 valence electrons. The molecule has 0 amide bonds. The molecule has 0 saturated carbocycles. The van der Waals surface area contributed by atoms with Crippen LogP contribution in [0.15, 0.2) is 66.3 Å². The van der Waals surface area contributed by atoms with Gasteiger partial charge in [-0.15, -0.1) is 0 Å². The smallest absolute Gasteiger partial charge is 1.00 e. The molecule has 0 spiro atoms. The standard InChI is InChI=1S/C13H9.C9H15Si.C2H7Si.4CH3.2ClH.Zr/c1-2-6-12-10(4-1)8-9-11-5-3-7-13(11)12;1-10(2,3)8-9-6-4-5-7-9;1-3-2;;;;;;;/h1-9H;4-7H,8H2,1-3H3;3H,1-2H3;4*1H3;2*1H;/p-2. The Morgan fingerprint density at radius 3 is 2.09 bits per heavy atom. The van der Waals surface area contributed by atoms with Crippen molar-refractivity contribution in [1.82, 2.24) is 0 Å². The van der Waals surface area contributed by atoms with Gasteiger partial charge >= 0.3 is 188 Å². The molecule has 2 aromatic rings.